The lowest BCUT2D eigenvalue weighted by atomic mass is 10.1. The van der Waals surface area contributed by atoms with Crippen LogP contribution in [0, 0.1) is 10.5 Å². The second-order valence-electron chi connectivity index (χ2n) is 6.68. The molecule has 172 valence electrons. The molecule has 0 radical (unpaired) electrons. The Balaban J connectivity index is 2.29. The maximum absolute atomic E-state index is 13.8. The van der Waals surface area contributed by atoms with Crippen LogP contribution in [0.15, 0.2) is 36.5 Å². The van der Waals surface area contributed by atoms with E-state index >= 15 is 0 Å². The number of halogens is 5. The van der Waals surface area contributed by atoms with Crippen LogP contribution < -0.4 is 14.4 Å². The maximum Gasteiger partial charge on any atom is 0.270 e. The van der Waals surface area contributed by atoms with Gasteiger partial charge < -0.3 is 9.47 Å². The van der Waals surface area contributed by atoms with Crippen molar-refractivity contribution in [2.45, 2.75) is 6.92 Å². The van der Waals surface area contributed by atoms with Crippen LogP contribution in [0.3, 0.4) is 0 Å². The molecule has 0 bridgehead atoms. The van der Waals surface area contributed by atoms with Gasteiger partial charge >= 0.3 is 0 Å². The first-order valence-electron chi connectivity index (χ1n) is 9.16. The molecule has 0 aliphatic rings. The SMILES string of the molecule is COc1c(Cl)cc(Cl)cc1C(=O)N(C(=O)c1cc(Cl)cc(Cl)c1OC)c1ncc(I)cc1C. The summed E-state index contributed by atoms with van der Waals surface area (Å²) in [5.41, 5.74) is 0.508. The first kappa shape index (κ1) is 25.8. The van der Waals surface area contributed by atoms with E-state index in [2.05, 4.69) is 27.6 Å². The summed E-state index contributed by atoms with van der Waals surface area (Å²) in [6.07, 6.45) is 1.53. The van der Waals surface area contributed by atoms with Crippen molar-refractivity contribution in [3.63, 3.8) is 0 Å². The fourth-order valence-electron chi connectivity index (χ4n) is 3.15. The maximum atomic E-state index is 13.8. The van der Waals surface area contributed by atoms with Gasteiger partial charge in [0.1, 0.15) is 17.3 Å². The summed E-state index contributed by atoms with van der Waals surface area (Å²) >= 11 is 26.8. The van der Waals surface area contributed by atoms with E-state index in [0.717, 1.165) is 8.47 Å². The fourth-order valence-corrected chi connectivity index (χ4v) is 4.89. The van der Waals surface area contributed by atoms with Gasteiger partial charge in [0, 0.05) is 19.8 Å². The van der Waals surface area contributed by atoms with Crippen LogP contribution in [0.1, 0.15) is 26.3 Å². The lowest BCUT2D eigenvalue weighted by molar-refractivity contribution is 0.0893. The molecule has 0 fully saturated rings. The molecule has 6 nitrogen and oxygen atoms in total. The lowest BCUT2D eigenvalue weighted by Crippen LogP contribution is -2.38. The van der Waals surface area contributed by atoms with Crippen LogP contribution in [0.4, 0.5) is 5.82 Å². The van der Waals surface area contributed by atoms with E-state index in [0.29, 0.717) is 5.56 Å². The number of carbonyl (C=O) groups excluding carboxylic acids is 2. The molecule has 1 heterocycles. The van der Waals surface area contributed by atoms with E-state index in [1.807, 2.05) is 0 Å². The largest absolute Gasteiger partial charge is 0.494 e. The topological polar surface area (TPSA) is 68.7 Å². The molecule has 0 atom stereocenters. The van der Waals surface area contributed by atoms with Crippen molar-refractivity contribution < 1.29 is 19.1 Å². The van der Waals surface area contributed by atoms with Crippen molar-refractivity contribution in [2.24, 2.45) is 0 Å². The van der Waals surface area contributed by atoms with Crippen molar-refractivity contribution >= 4 is 86.6 Å². The van der Waals surface area contributed by atoms with Gasteiger partial charge in [0.2, 0.25) is 0 Å². The Morgan fingerprint density at radius 3 is 1.70 bits per heavy atom. The third kappa shape index (κ3) is 5.33. The number of carbonyl (C=O) groups is 2. The van der Waals surface area contributed by atoms with Gasteiger partial charge in [0.05, 0.1) is 35.4 Å². The third-order valence-electron chi connectivity index (χ3n) is 4.52. The summed E-state index contributed by atoms with van der Waals surface area (Å²) in [4.78, 5) is 32.8. The Morgan fingerprint density at radius 2 is 1.30 bits per heavy atom. The second-order valence-corrected chi connectivity index (χ2v) is 9.61. The molecule has 0 unspecified atom stereocenters. The van der Waals surface area contributed by atoms with Crippen molar-refractivity contribution in [3.05, 3.63) is 76.9 Å². The Labute approximate surface area is 223 Å². The molecule has 0 aliphatic heterocycles. The molecule has 3 rings (SSSR count). The zero-order valence-electron chi connectivity index (χ0n) is 17.4. The molecule has 3 aromatic rings. The van der Waals surface area contributed by atoms with Crippen molar-refractivity contribution in [1.29, 1.82) is 0 Å². The number of rotatable bonds is 5. The first-order valence-corrected chi connectivity index (χ1v) is 11.7. The molecular weight excluding hydrogens is 625 g/mol. The van der Waals surface area contributed by atoms with E-state index in [4.69, 9.17) is 55.9 Å². The van der Waals surface area contributed by atoms with Gasteiger partial charge in [-0.25, -0.2) is 9.88 Å². The van der Waals surface area contributed by atoms with Gasteiger partial charge in [-0.2, -0.15) is 0 Å². The molecule has 0 saturated heterocycles. The minimum absolute atomic E-state index is 0.0322. The van der Waals surface area contributed by atoms with Crippen LogP contribution in [-0.2, 0) is 0 Å². The smallest absolute Gasteiger partial charge is 0.270 e. The zero-order valence-corrected chi connectivity index (χ0v) is 22.6. The predicted octanol–water partition coefficient (Wildman–Crippen LogP) is 7.11. The summed E-state index contributed by atoms with van der Waals surface area (Å²) in [5.74, 6) is -1.32. The van der Waals surface area contributed by atoms with E-state index in [-0.39, 0.29) is 48.5 Å². The van der Waals surface area contributed by atoms with E-state index in [9.17, 15) is 9.59 Å². The Bertz CT molecular complexity index is 1200. The van der Waals surface area contributed by atoms with Crippen molar-refractivity contribution in [3.8, 4) is 11.5 Å². The zero-order chi connectivity index (χ0) is 24.4. The van der Waals surface area contributed by atoms with Gasteiger partial charge in [-0.15, -0.1) is 0 Å². The summed E-state index contributed by atoms with van der Waals surface area (Å²) in [6, 6.07) is 7.36. The number of imide groups is 1. The van der Waals surface area contributed by atoms with Gasteiger partial charge in [0.15, 0.2) is 0 Å². The molecule has 0 saturated carbocycles. The summed E-state index contributed by atoms with van der Waals surface area (Å²) in [5, 5.41) is 0.590. The summed E-state index contributed by atoms with van der Waals surface area (Å²) < 4.78 is 11.5. The standard InChI is InChI=1S/C22H15Cl4IN2O4/c1-10-4-13(27)9-28-20(10)29(21(30)14-5-11(23)7-16(25)18(14)32-2)22(31)15-6-12(24)8-17(26)19(15)33-3/h4-9H,1-3H3. The fraction of sp³-hybridized carbons (Fsp3) is 0.136. The van der Waals surface area contributed by atoms with Gasteiger partial charge in [-0.05, 0) is 65.4 Å². The number of hydrogen-bond donors (Lipinski definition) is 0. The molecule has 2 aromatic carbocycles. The van der Waals surface area contributed by atoms with Crippen LogP contribution in [0.2, 0.25) is 20.1 Å². The molecule has 2 amide bonds. The number of nitrogens with zero attached hydrogens (tertiary/aromatic N) is 2. The number of amides is 2. The Morgan fingerprint density at radius 1 is 0.848 bits per heavy atom. The highest BCUT2D eigenvalue weighted by atomic mass is 127. The number of methoxy groups -OCH3 is 2. The second kappa shape index (κ2) is 10.7. The van der Waals surface area contributed by atoms with E-state index in [1.165, 1.54) is 44.7 Å². The first-order chi connectivity index (χ1) is 15.6. The third-order valence-corrected chi connectivity index (χ3v) is 6.11. The van der Waals surface area contributed by atoms with Gasteiger partial charge in [-0.1, -0.05) is 46.4 Å². The number of aromatic nitrogens is 1. The molecule has 0 aliphatic carbocycles. The molecule has 1 aromatic heterocycles. The van der Waals surface area contributed by atoms with Crippen molar-refractivity contribution in [1.82, 2.24) is 4.98 Å². The predicted molar refractivity (Wildman–Crippen MR) is 139 cm³/mol. The number of pyridine rings is 1. The Kier molecular flexibility index (Phi) is 8.34. The van der Waals surface area contributed by atoms with Gasteiger partial charge in [0.25, 0.3) is 11.8 Å². The highest BCUT2D eigenvalue weighted by molar-refractivity contribution is 14.1. The lowest BCUT2D eigenvalue weighted by Gasteiger charge is -2.24. The highest BCUT2D eigenvalue weighted by Gasteiger charge is 2.33. The Hall–Kier alpha value is -1.78. The molecule has 0 N–H and O–H groups in total. The van der Waals surface area contributed by atoms with Crippen LogP contribution >= 0.6 is 69.0 Å². The van der Waals surface area contributed by atoms with E-state index < -0.39 is 11.8 Å². The number of hydrogen-bond acceptors (Lipinski definition) is 5. The average Bonchev–Trinajstić information content (AvgIpc) is 2.74. The van der Waals surface area contributed by atoms with E-state index in [1.54, 1.807) is 13.0 Å². The molecule has 11 heteroatoms. The van der Waals surface area contributed by atoms with Gasteiger partial charge in [-0.3, -0.25) is 9.59 Å². The average molecular weight is 640 g/mol. The monoisotopic (exact) mass is 638 g/mol. The van der Waals surface area contributed by atoms with Crippen molar-refractivity contribution in [2.75, 3.05) is 19.1 Å². The summed E-state index contributed by atoms with van der Waals surface area (Å²) in [7, 11) is 2.71. The minimum atomic E-state index is -0.767. The molecular formula is C22H15Cl4IN2O4. The number of benzene rings is 2. The number of anilines is 1. The van der Waals surface area contributed by atoms with Crippen LogP contribution in [0.5, 0.6) is 11.5 Å². The minimum Gasteiger partial charge on any atom is -0.494 e. The molecule has 0 spiro atoms. The highest BCUT2D eigenvalue weighted by Crippen LogP contribution is 2.37. The quantitative estimate of drug-likeness (QED) is 0.220. The number of aryl methyl sites for hydroxylation is 1. The summed E-state index contributed by atoms with van der Waals surface area (Å²) in [6.45, 7) is 1.72. The normalized spacial score (nSPS) is 10.7. The number of ether oxygens (including phenoxy) is 2. The van der Waals surface area contributed by atoms with Crippen LogP contribution in [0.25, 0.3) is 0 Å². The molecule has 33 heavy (non-hydrogen) atoms. The van der Waals surface area contributed by atoms with Crippen LogP contribution in [-0.4, -0.2) is 31.0 Å².